The average Bonchev–Trinajstić information content (AvgIpc) is 2.60. The Labute approximate surface area is 161 Å². The van der Waals surface area contributed by atoms with Gasteiger partial charge in [0, 0.05) is 32.0 Å². The van der Waals surface area contributed by atoms with Crippen molar-refractivity contribution in [2.75, 3.05) is 19.6 Å². The predicted octanol–water partition coefficient (Wildman–Crippen LogP) is 3.28. The second-order valence-electron chi connectivity index (χ2n) is 5.30. The van der Waals surface area contributed by atoms with Gasteiger partial charge in [-0.15, -0.1) is 12.4 Å². The zero-order chi connectivity index (χ0) is 17.3. The molecule has 1 saturated heterocycles. The summed E-state index contributed by atoms with van der Waals surface area (Å²) in [6.07, 6.45) is 3.23. The molecule has 1 N–H and O–H groups in total. The number of sulfonamides is 1. The summed E-state index contributed by atoms with van der Waals surface area (Å²) < 4.78 is 41.3. The Kier molecular flexibility index (Phi) is 6.64. The lowest BCUT2D eigenvalue weighted by Gasteiger charge is -2.35. The Morgan fingerprint density at radius 3 is 2.72 bits per heavy atom. The number of pyridine rings is 1. The topological polar surface area (TPSA) is 62.3 Å². The molecule has 0 amide bonds. The van der Waals surface area contributed by atoms with Crippen LogP contribution in [0, 0.1) is 5.82 Å². The summed E-state index contributed by atoms with van der Waals surface area (Å²) in [5.41, 5.74) is 0.749. The number of benzene rings is 1. The van der Waals surface area contributed by atoms with Gasteiger partial charge >= 0.3 is 0 Å². The Balaban J connectivity index is 0.00000225. The zero-order valence-corrected chi connectivity index (χ0v) is 16.0. The third kappa shape index (κ3) is 3.92. The van der Waals surface area contributed by atoms with Crippen LogP contribution < -0.4 is 5.32 Å². The van der Waals surface area contributed by atoms with Crippen molar-refractivity contribution in [1.29, 1.82) is 0 Å². The number of hydrogen-bond acceptors (Lipinski definition) is 4. The third-order valence-corrected chi connectivity index (χ3v) is 6.57. The van der Waals surface area contributed by atoms with Crippen molar-refractivity contribution in [3.63, 3.8) is 0 Å². The van der Waals surface area contributed by atoms with Crippen molar-refractivity contribution in [2.45, 2.75) is 10.9 Å². The Morgan fingerprint density at radius 1 is 1.28 bits per heavy atom. The molecule has 10 heteroatoms. The SMILES string of the molecule is Cl.O=S(=O)(c1ccc(Cl)c(F)c1Cl)N1CCNCC1c1cccnc1. The lowest BCUT2D eigenvalue weighted by Crippen LogP contribution is -2.48. The number of halogens is 4. The maximum absolute atomic E-state index is 13.9. The van der Waals surface area contributed by atoms with E-state index in [1.165, 1.54) is 16.4 Å². The van der Waals surface area contributed by atoms with E-state index in [-0.39, 0.29) is 28.9 Å². The summed E-state index contributed by atoms with van der Waals surface area (Å²) >= 11 is 11.6. The number of nitrogens with one attached hydrogen (secondary N) is 1. The molecule has 0 saturated carbocycles. The van der Waals surface area contributed by atoms with Crippen LogP contribution in [0.4, 0.5) is 4.39 Å². The summed E-state index contributed by atoms with van der Waals surface area (Å²) in [7, 11) is -3.99. The molecule has 1 aromatic carbocycles. The van der Waals surface area contributed by atoms with Gasteiger partial charge in [-0.1, -0.05) is 29.3 Å². The van der Waals surface area contributed by atoms with Crippen molar-refractivity contribution in [3.8, 4) is 0 Å². The fraction of sp³-hybridized carbons (Fsp3) is 0.267. The first-order valence-electron chi connectivity index (χ1n) is 7.19. The van der Waals surface area contributed by atoms with Crippen molar-refractivity contribution in [2.24, 2.45) is 0 Å². The first kappa shape index (κ1) is 20.4. The standard InChI is InChI=1S/C15H14Cl2FN3O2S.ClH/c16-11-3-4-13(14(17)15(11)18)24(22,23)21-7-6-20-9-12(21)10-2-1-5-19-8-10;/h1-5,8,12,20H,6-7,9H2;1H. The third-order valence-electron chi connectivity index (χ3n) is 3.85. The number of hydrogen-bond donors (Lipinski definition) is 1. The van der Waals surface area contributed by atoms with Gasteiger partial charge in [-0.3, -0.25) is 4.98 Å². The van der Waals surface area contributed by atoms with Crippen LogP contribution in [0.3, 0.4) is 0 Å². The zero-order valence-electron chi connectivity index (χ0n) is 12.8. The molecule has 136 valence electrons. The fourth-order valence-electron chi connectivity index (χ4n) is 2.66. The average molecular weight is 427 g/mol. The molecule has 2 heterocycles. The number of aromatic nitrogens is 1. The normalized spacial score (nSPS) is 18.6. The predicted molar refractivity (Wildman–Crippen MR) is 97.4 cm³/mol. The fourth-order valence-corrected chi connectivity index (χ4v) is 5.00. The lowest BCUT2D eigenvalue weighted by molar-refractivity contribution is 0.271. The summed E-state index contributed by atoms with van der Waals surface area (Å²) in [5.74, 6) is -0.938. The highest BCUT2D eigenvalue weighted by molar-refractivity contribution is 7.89. The molecule has 2 aromatic rings. The van der Waals surface area contributed by atoms with E-state index < -0.39 is 26.9 Å². The second kappa shape index (κ2) is 8.16. The van der Waals surface area contributed by atoms with Crippen molar-refractivity contribution >= 4 is 45.6 Å². The summed E-state index contributed by atoms with van der Waals surface area (Å²) in [6, 6.07) is 5.51. The van der Waals surface area contributed by atoms with Gasteiger partial charge in [-0.05, 0) is 23.8 Å². The van der Waals surface area contributed by atoms with Gasteiger partial charge in [-0.25, -0.2) is 12.8 Å². The number of piperazine rings is 1. The highest BCUT2D eigenvalue weighted by atomic mass is 35.5. The minimum atomic E-state index is -3.99. The van der Waals surface area contributed by atoms with E-state index in [0.717, 1.165) is 5.56 Å². The molecule has 0 spiro atoms. The Hall–Kier alpha value is -0.960. The Morgan fingerprint density at radius 2 is 2.04 bits per heavy atom. The molecule has 1 aliphatic heterocycles. The molecule has 1 aromatic heterocycles. The summed E-state index contributed by atoms with van der Waals surface area (Å²) in [4.78, 5) is 3.75. The van der Waals surface area contributed by atoms with E-state index in [9.17, 15) is 12.8 Å². The van der Waals surface area contributed by atoms with E-state index in [1.807, 2.05) is 0 Å². The van der Waals surface area contributed by atoms with Crippen LogP contribution >= 0.6 is 35.6 Å². The monoisotopic (exact) mass is 425 g/mol. The van der Waals surface area contributed by atoms with Crippen molar-refractivity contribution in [3.05, 3.63) is 58.1 Å². The second-order valence-corrected chi connectivity index (χ2v) is 7.94. The molecule has 0 aliphatic carbocycles. The van der Waals surface area contributed by atoms with Gasteiger partial charge in [0.15, 0.2) is 5.82 Å². The van der Waals surface area contributed by atoms with Crippen LogP contribution in [0.15, 0.2) is 41.6 Å². The molecule has 25 heavy (non-hydrogen) atoms. The lowest BCUT2D eigenvalue weighted by atomic mass is 10.1. The molecule has 1 unspecified atom stereocenters. The van der Waals surface area contributed by atoms with Crippen LogP contribution in [-0.2, 0) is 10.0 Å². The quantitative estimate of drug-likeness (QED) is 0.765. The number of nitrogens with zero attached hydrogens (tertiary/aromatic N) is 2. The van der Waals surface area contributed by atoms with E-state index in [1.54, 1.807) is 24.5 Å². The molecule has 5 nitrogen and oxygen atoms in total. The molecule has 1 fully saturated rings. The van der Waals surface area contributed by atoms with Crippen LogP contribution in [0.25, 0.3) is 0 Å². The molecule has 0 radical (unpaired) electrons. The smallest absolute Gasteiger partial charge is 0.245 e. The molecular formula is C15H15Cl3FN3O2S. The summed E-state index contributed by atoms with van der Waals surface area (Å²) in [6.45, 7) is 1.16. The van der Waals surface area contributed by atoms with Crippen LogP contribution in [0.5, 0.6) is 0 Å². The van der Waals surface area contributed by atoms with Gasteiger partial charge in [0.2, 0.25) is 10.0 Å². The van der Waals surface area contributed by atoms with E-state index in [2.05, 4.69) is 10.3 Å². The van der Waals surface area contributed by atoms with E-state index in [0.29, 0.717) is 13.1 Å². The number of rotatable bonds is 3. The minimum absolute atomic E-state index is 0. The van der Waals surface area contributed by atoms with Gasteiger partial charge < -0.3 is 5.32 Å². The van der Waals surface area contributed by atoms with E-state index >= 15 is 0 Å². The Bertz CT molecular complexity index is 853. The first-order valence-corrected chi connectivity index (χ1v) is 9.38. The molecule has 1 atom stereocenters. The highest BCUT2D eigenvalue weighted by Crippen LogP contribution is 2.34. The largest absolute Gasteiger partial charge is 0.313 e. The first-order chi connectivity index (χ1) is 11.4. The highest BCUT2D eigenvalue weighted by Gasteiger charge is 2.36. The maximum Gasteiger partial charge on any atom is 0.245 e. The van der Waals surface area contributed by atoms with Crippen LogP contribution in [0.1, 0.15) is 11.6 Å². The summed E-state index contributed by atoms with van der Waals surface area (Å²) in [5, 5.41) is 2.45. The molecule has 1 aliphatic rings. The molecule has 0 bridgehead atoms. The molecular weight excluding hydrogens is 412 g/mol. The van der Waals surface area contributed by atoms with Gasteiger partial charge in [-0.2, -0.15) is 4.31 Å². The minimum Gasteiger partial charge on any atom is -0.313 e. The van der Waals surface area contributed by atoms with Crippen molar-refractivity contribution in [1.82, 2.24) is 14.6 Å². The van der Waals surface area contributed by atoms with Crippen molar-refractivity contribution < 1.29 is 12.8 Å². The van der Waals surface area contributed by atoms with Gasteiger partial charge in [0.1, 0.15) is 4.90 Å². The van der Waals surface area contributed by atoms with Gasteiger partial charge in [0.05, 0.1) is 16.1 Å². The molecule has 3 rings (SSSR count). The maximum atomic E-state index is 13.9. The van der Waals surface area contributed by atoms with Crippen LogP contribution in [-0.4, -0.2) is 37.3 Å². The van der Waals surface area contributed by atoms with Crippen LogP contribution in [0.2, 0.25) is 10.0 Å². The van der Waals surface area contributed by atoms with E-state index in [4.69, 9.17) is 23.2 Å². The van der Waals surface area contributed by atoms with Gasteiger partial charge in [0.25, 0.3) is 0 Å².